The molecule has 0 saturated heterocycles. The minimum absolute atomic E-state index is 0.424. The van der Waals surface area contributed by atoms with E-state index in [1.807, 2.05) is 56.3 Å². The Morgan fingerprint density at radius 1 is 1.07 bits per heavy atom. The summed E-state index contributed by atoms with van der Waals surface area (Å²) in [5.74, 6) is 0. The quantitative estimate of drug-likeness (QED) is 0.352. The first-order valence-electron chi connectivity index (χ1n) is 8.02. The molecule has 4 nitrogen and oxygen atoms in total. The van der Waals surface area contributed by atoms with Crippen LogP contribution in [0.25, 0.3) is 0 Å². The summed E-state index contributed by atoms with van der Waals surface area (Å²) in [6, 6.07) is 14.8. The van der Waals surface area contributed by atoms with Crippen molar-refractivity contribution in [2.45, 2.75) is 23.6 Å². The molecule has 1 unspecified atom stereocenters. The van der Waals surface area contributed by atoms with Gasteiger partial charge in [0.2, 0.25) is 0 Å². The lowest BCUT2D eigenvalue weighted by Crippen LogP contribution is -2.06. The third-order valence-corrected chi connectivity index (χ3v) is 6.55. The normalized spacial score (nSPS) is 11.9. The van der Waals surface area contributed by atoms with Crippen molar-refractivity contribution >= 4 is 57.5 Å². The molecule has 0 fully saturated rings. The third kappa shape index (κ3) is 5.17. The van der Waals surface area contributed by atoms with Crippen LogP contribution >= 0.6 is 35.1 Å². The Morgan fingerprint density at radius 3 is 2.67 bits per heavy atom. The molecule has 0 aliphatic heterocycles. The monoisotopic (exact) mass is 437 g/mol. The Kier molecular flexibility index (Phi) is 6.65. The number of halogens is 2. The van der Waals surface area contributed by atoms with Crippen LogP contribution in [0.15, 0.2) is 64.5 Å². The van der Waals surface area contributed by atoms with Gasteiger partial charge in [0.05, 0.1) is 10.6 Å². The van der Waals surface area contributed by atoms with E-state index in [2.05, 4.69) is 14.4 Å². The van der Waals surface area contributed by atoms with Gasteiger partial charge in [0.15, 0.2) is 0 Å². The second-order valence-corrected chi connectivity index (χ2v) is 8.64. The highest BCUT2D eigenvalue weighted by Gasteiger charge is 2.10. The summed E-state index contributed by atoms with van der Waals surface area (Å²) in [6.07, 6.45) is 1.64. The smallest absolute Gasteiger partial charge is 0.150 e. The predicted molar refractivity (Wildman–Crippen MR) is 116 cm³/mol. The fourth-order valence-corrected chi connectivity index (χ4v) is 4.41. The summed E-state index contributed by atoms with van der Waals surface area (Å²) < 4.78 is 19.0. The Bertz CT molecular complexity index is 998. The molecule has 140 valence electrons. The van der Waals surface area contributed by atoms with E-state index in [-0.39, 0.29) is 0 Å². The van der Waals surface area contributed by atoms with Gasteiger partial charge < -0.3 is 9.44 Å². The number of rotatable bonds is 6. The molecule has 0 aliphatic rings. The summed E-state index contributed by atoms with van der Waals surface area (Å²) in [7, 11) is -1.40. The zero-order valence-electron chi connectivity index (χ0n) is 14.6. The maximum atomic E-state index is 12.8. The Hall–Kier alpha value is -1.73. The van der Waals surface area contributed by atoms with E-state index >= 15 is 0 Å². The van der Waals surface area contributed by atoms with E-state index in [1.54, 1.807) is 12.3 Å². The van der Waals surface area contributed by atoms with Crippen LogP contribution in [0.5, 0.6) is 0 Å². The van der Waals surface area contributed by atoms with Gasteiger partial charge in [0, 0.05) is 21.8 Å². The largest absolute Gasteiger partial charge is 0.325 e. The van der Waals surface area contributed by atoms with E-state index in [0.29, 0.717) is 15.1 Å². The summed E-state index contributed by atoms with van der Waals surface area (Å²) in [4.78, 5) is 5.61. The average molecular weight is 438 g/mol. The van der Waals surface area contributed by atoms with E-state index in [0.717, 1.165) is 27.4 Å². The van der Waals surface area contributed by atoms with E-state index in [4.69, 9.17) is 23.2 Å². The van der Waals surface area contributed by atoms with Crippen LogP contribution < -0.4 is 9.44 Å². The van der Waals surface area contributed by atoms with E-state index in [1.165, 1.54) is 11.9 Å². The number of benzene rings is 2. The first-order chi connectivity index (χ1) is 12.9. The Labute approximate surface area is 175 Å². The molecule has 0 saturated carbocycles. The van der Waals surface area contributed by atoms with Crippen molar-refractivity contribution in [3.63, 3.8) is 0 Å². The van der Waals surface area contributed by atoms with Gasteiger partial charge in [-0.3, -0.25) is 0 Å². The number of anilines is 2. The van der Waals surface area contributed by atoms with Crippen LogP contribution in [0.4, 0.5) is 11.4 Å². The summed E-state index contributed by atoms with van der Waals surface area (Å²) in [6.45, 7) is 3.90. The molecule has 1 aromatic heterocycles. The number of aryl methyl sites for hydroxylation is 1. The molecule has 3 rings (SSSR count). The number of pyridine rings is 1. The van der Waals surface area contributed by atoms with Gasteiger partial charge in [0.25, 0.3) is 0 Å². The summed E-state index contributed by atoms with van der Waals surface area (Å²) in [5, 5.41) is 1.06. The molecule has 2 N–H and O–H groups in total. The topological polar surface area (TPSA) is 54.0 Å². The van der Waals surface area contributed by atoms with Gasteiger partial charge in [-0.05, 0) is 73.3 Å². The van der Waals surface area contributed by atoms with Gasteiger partial charge in [0.1, 0.15) is 16.1 Å². The molecule has 0 amide bonds. The second kappa shape index (κ2) is 8.97. The number of nitrogens with zero attached hydrogens (tertiary/aromatic N) is 1. The summed E-state index contributed by atoms with van der Waals surface area (Å²) >= 11 is 13.5. The molecule has 0 spiro atoms. The fraction of sp³-hybridized carbons (Fsp3) is 0.105. The van der Waals surface area contributed by atoms with Crippen molar-refractivity contribution in [2.75, 3.05) is 9.44 Å². The number of hydrogen-bond acceptors (Lipinski definition) is 4. The molecule has 3 aromatic rings. The molecule has 0 radical (unpaired) electrons. The van der Waals surface area contributed by atoms with Crippen LogP contribution in [0.1, 0.15) is 11.1 Å². The maximum absolute atomic E-state index is 12.8. The van der Waals surface area contributed by atoms with Crippen molar-refractivity contribution in [1.29, 1.82) is 0 Å². The number of nitrogens with one attached hydrogen (secondary N) is 2. The van der Waals surface area contributed by atoms with Crippen molar-refractivity contribution in [3.8, 4) is 0 Å². The van der Waals surface area contributed by atoms with Crippen LogP contribution in [0.3, 0.4) is 0 Å². The van der Waals surface area contributed by atoms with Crippen molar-refractivity contribution in [2.24, 2.45) is 0 Å². The standard InChI is InChI=1S/C19H17Cl2N3OS2/c1-12-6-7-15(27(25)24-17-5-3-4-16(20)13(17)2)11-18(12)26-23-14-8-9-22-19(21)10-14/h3-11,24H,1-2H3,(H,22,23). The van der Waals surface area contributed by atoms with Gasteiger partial charge >= 0.3 is 0 Å². The lowest BCUT2D eigenvalue weighted by molar-refractivity contribution is 0.686. The third-order valence-electron chi connectivity index (χ3n) is 3.85. The highest BCUT2D eigenvalue weighted by atomic mass is 35.5. The zero-order chi connectivity index (χ0) is 19.4. The highest BCUT2D eigenvalue weighted by molar-refractivity contribution is 8.00. The van der Waals surface area contributed by atoms with E-state index in [9.17, 15) is 4.21 Å². The average Bonchev–Trinajstić information content (AvgIpc) is 2.65. The molecule has 1 atom stereocenters. The zero-order valence-corrected chi connectivity index (χ0v) is 17.8. The minimum Gasteiger partial charge on any atom is -0.325 e. The lowest BCUT2D eigenvalue weighted by Gasteiger charge is -2.12. The SMILES string of the molecule is Cc1ccc(S(=O)Nc2cccc(Cl)c2C)cc1SNc1ccnc(Cl)c1. The van der Waals surface area contributed by atoms with Crippen molar-refractivity contribution in [1.82, 2.24) is 4.98 Å². The number of hydrogen-bond donors (Lipinski definition) is 2. The van der Waals surface area contributed by atoms with Crippen molar-refractivity contribution in [3.05, 3.63) is 76.0 Å². The van der Waals surface area contributed by atoms with Gasteiger partial charge in [-0.2, -0.15) is 0 Å². The van der Waals surface area contributed by atoms with Gasteiger partial charge in [-0.1, -0.05) is 35.3 Å². The van der Waals surface area contributed by atoms with Crippen LogP contribution in [-0.4, -0.2) is 9.19 Å². The fourth-order valence-electron chi connectivity index (χ4n) is 2.26. The first kappa shape index (κ1) is 20.0. The molecule has 27 heavy (non-hydrogen) atoms. The predicted octanol–water partition coefficient (Wildman–Crippen LogP) is 6.26. The lowest BCUT2D eigenvalue weighted by atomic mass is 10.2. The van der Waals surface area contributed by atoms with Crippen LogP contribution in [0.2, 0.25) is 10.2 Å². The number of aromatic nitrogens is 1. The molecule has 0 bridgehead atoms. The second-order valence-electron chi connectivity index (χ2n) is 5.78. The molecule has 1 heterocycles. The minimum atomic E-state index is -1.40. The first-order valence-corrected chi connectivity index (χ1v) is 10.7. The Balaban J connectivity index is 1.76. The van der Waals surface area contributed by atoms with Gasteiger partial charge in [-0.25, -0.2) is 9.19 Å². The van der Waals surface area contributed by atoms with Crippen molar-refractivity contribution < 1.29 is 4.21 Å². The van der Waals surface area contributed by atoms with Crippen LogP contribution in [-0.2, 0) is 11.0 Å². The van der Waals surface area contributed by atoms with Gasteiger partial charge in [-0.15, -0.1) is 0 Å². The molecule has 8 heteroatoms. The highest BCUT2D eigenvalue weighted by Crippen LogP contribution is 2.28. The van der Waals surface area contributed by atoms with Crippen LogP contribution in [0, 0.1) is 13.8 Å². The molecular weight excluding hydrogens is 421 g/mol. The maximum Gasteiger partial charge on any atom is 0.150 e. The molecule has 2 aromatic carbocycles. The molecule has 0 aliphatic carbocycles. The Morgan fingerprint density at radius 2 is 1.89 bits per heavy atom. The summed E-state index contributed by atoms with van der Waals surface area (Å²) in [5.41, 5.74) is 3.54. The van der Waals surface area contributed by atoms with E-state index < -0.39 is 11.0 Å². The molecular formula is C19H17Cl2N3OS2.